The number of aliphatic hydroxyl groups excluding tert-OH is 5. The van der Waals surface area contributed by atoms with Crippen LogP contribution in [0.25, 0.3) is 0 Å². The van der Waals surface area contributed by atoms with Crippen LogP contribution in [0.3, 0.4) is 0 Å². The zero-order valence-corrected chi connectivity index (χ0v) is 49.4. The Morgan fingerprint density at radius 1 is 0.455 bits per heavy atom. The maximum atomic E-state index is 13.1. The van der Waals surface area contributed by atoms with Crippen molar-refractivity contribution in [1.29, 1.82) is 0 Å². The molecule has 0 bridgehead atoms. The number of carbonyl (C=O) groups is 1. The van der Waals surface area contributed by atoms with E-state index in [-0.39, 0.29) is 12.5 Å². The molecule has 1 amide bonds. The number of aliphatic hydroxyl groups is 5. The second kappa shape index (κ2) is 56.4. The molecule has 1 fully saturated rings. The van der Waals surface area contributed by atoms with Gasteiger partial charge in [0, 0.05) is 6.42 Å². The Morgan fingerprint density at radius 3 is 1.25 bits per heavy atom. The predicted octanol–water partition coefficient (Wildman–Crippen LogP) is 16.7. The third kappa shape index (κ3) is 45.5. The van der Waals surface area contributed by atoms with Gasteiger partial charge in [-0.05, 0) is 89.9 Å². The fourth-order valence-electron chi connectivity index (χ4n) is 9.63. The molecule has 0 aromatic rings. The first-order chi connectivity index (χ1) is 37.8. The molecule has 6 N–H and O–H groups in total. The highest BCUT2D eigenvalue weighted by Gasteiger charge is 2.44. The van der Waals surface area contributed by atoms with Crippen molar-refractivity contribution in [1.82, 2.24) is 5.32 Å². The van der Waals surface area contributed by atoms with Crippen LogP contribution in [-0.2, 0) is 14.3 Å². The summed E-state index contributed by atoms with van der Waals surface area (Å²) in [5, 5.41) is 54.6. The molecule has 0 aromatic heterocycles. The van der Waals surface area contributed by atoms with Gasteiger partial charge in [-0.15, -0.1) is 0 Å². The van der Waals surface area contributed by atoms with Crippen molar-refractivity contribution in [3.8, 4) is 0 Å². The molecule has 7 unspecified atom stereocenters. The summed E-state index contributed by atoms with van der Waals surface area (Å²) in [5.41, 5.74) is 0. The monoisotopic (exact) mass is 1080 g/mol. The molecule has 0 saturated carbocycles. The molecule has 9 heteroatoms. The number of unbranched alkanes of at least 4 members (excludes halogenated alkanes) is 30. The zero-order valence-electron chi connectivity index (χ0n) is 49.4. The highest BCUT2D eigenvalue weighted by molar-refractivity contribution is 5.76. The van der Waals surface area contributed by atoms with Crippen molar-refractivity contribution < 1.29 is 39.8 Å². The largest absolute Gasteiger partial charge is 0.394 e. The SMILES string of the molecule is CC/C=C\C/C=C\C/C=C\C/C=C\C/C=C\CCCCCCCCCCCCCCCC(=O)NC(COC1OC(CO)C(O)C(O)C1O)C(O)/C=C/CC/C=C/CC/C=C/CCCCCCCCCCCCCCCCC. The molecule has 444 valence electrons. The van der Waals surface area contributed by atoms with Crippen LogP contribution in [0.1, 0.15) is 271 Å². The van der Waals surface area contributed by atoms with Gasteiger partial charge in [0.1, 0.15) is 24.4 Å². The minimum atomic E-state index is -1.58. The minimum Gasteiger partial charge on any atom is -0.394 e. The average molecular weight is 1080 g/mol. The van der Waals surface area contributed by atoms with Gasteiger partial charge in [-0.1, -0.05) is 272 Å². The molecular weight excluding hydrogens is 959 g/mol. The molecule has 1 aliphatic heterocycles. The van der Waals surface area contributed by atoms with Gasteiger partial charge in [0.25, 0.3) is 0 Å². The number of ether oxygens (including phenoxy) is 2. The Kier molecular flexibility index (Phi) is 52.8. The second-order valence-electron chi connectivity index (χ2n) is 21.8. The molecule has 1 aliphatic rings. The first-order valence-electron chi connectivity index (χ1n) is 32.0. The topological polar surface area (TPSA) is 149 Å². The van der Waals surface area contributed by atoms with E-state index in [1.165, 1.54) is 173 Å². The van der Waals surface area contributed by atoms with Crippen LogP contribution in [0.5, 0.6) is 0 Å². The van der Waals surface area contributed by atoms with E-state index >= 15 is 0 Å². The lowest BCUT2D eigenvalue weighted by atomic mass is 9.99. The summed E-state index contributed by atoms with van der Waals surface area (Å²) >= 11 is 0. The minimum absolute atomic E-state index is 0.194. The van der Waals surface area contributed by atoms with Crippen LogP contribution in [-0.4, -0.2) is 87.5 Å². The van der Waals surface area contributed by atoms with Crippen LogP contribution in [0.4, 0.5) is 0 Å². The van der Waals surface area contributed by atoms with E-state index < -0.39 is 49.5 Å². The van der Waals surface area contributed by atoms with E-state index in [0.29, 0.717) is 6.42 Å². The van der Waals surface area contributed by atoms with Crippen LogP contribution in [0.2, 0.25) is 0 Å². The number of rotatable bonds is 54. The van der Waals surface area contributed by atoms with Crippen molar-refractivity contribution in [3.05, 3.63) is 97.2 Å². The predicted molar refractivity (Wildman–Crippen MR) is 327 cm³/mol. The van der Waals surface area contributed by atoms with Crippen molar-refractivity contribution in [2.24, 2.45) is 0 Å². The van der Waals surface area contributed by atoms with Gasteiger partial charge in [-0.25, -0.2) is 0 Å². The normalized spacial score (nSPS) is 19.4. The van der Waals surface area contributed by atoms with Gasteiger partial charge in [-0.2, -0.15) is 0 Å². The summed E-state index contributed by atoms with van der Waals surface area (Å²) in [5.74, 6) is -0.194. The average Bonchev–Trinajstić information content (AvgIpc) is 3.43. The maximum absolute atomic E-state index is 13.1. The van der Waals surface area contributed by atoms with Crippen LogP contribution in [0.15, 0.2) is 97.2 Å². The molecule has 0 spiro atoms. The standard InChI is InChI=1S/C68H119NO8/c1-3-5-7-9-11-13-15-17-19-21-23-25-27-29-30-31-32-34-36-38-40-42-44-46-48-50-52-54-56-58-64(72)69-61(60-76-68-67(75)66(74)65(73)63(59-70)77-68)62(71)57-55-53-51-49-47-45-43-41-39-37-35-33-28-26-24-22-20-18-16-14-12-10-8-6-4-2/h5,7,11,13,17,19,23,25,29-30,39,41,47,49,55,57,61-63,65-68,70-71,73-75H,3-4,6,8-10,12,14-16,18,20-22,24,26-28,31-38,40,42-46,48,50-54,56,58-60H2,1-2H3,(H,69,72)/b7-5-,13-11-,19-17-,25-23-,30-29-,41-39+,49-47+,57-55+. The molecule has 0 aliphatic carbocycles. The quantitative estimate of drug-likeness (QED) is 0.0261. The lowest BCUT2D eigenvalue weighted by molar-refractivity contribution is -0.302. The lowest BCUT2D eigenvalue weighted by Gasteiger charge is -2.40. The van der Waals surface area contributed by atoms with Gasteiger partial charge < -0.3 is 40.3 Å². The summed E-state index contributed by atoms with van der Waals surface area (Å²) < 4.78 is 11.3. The van der Waals surface area contributed by atoms with E-state index in [1.54, 1.807) is 6.08 Å². The third-order valence-electron chi connectivity index (χ3n) is 14.6. The number of hydrogen-bond donors (Lipinski definition) is 6. The van der Waals surface area contributed by atoms with Gasteiger partial charge >= 0.3 is 0 Å². The van der Waals surface area contributed by atoms with Crippen LogP contribution < -0.4 is 5.32 Å². The fraction of sp³-hybridized carbons (Fsp3) is 0.750. The first kappa shape index (κ1) is 72.1. The third-order valence-corrected chi connectivity index (χ3v) is 14.6. The van der Waals surface area contributed by atoms with Crippen molar-refractivity contribution in [2.75, 3.05) is 13.2 Å². The van der Waals surface area contributed by atoms with Gasteiger partial charge in [0.2, 0.25) is 5.91 Å². The molecule has 77 heavy (non-hydrogen) atoms. The van der Waals surface area contributed by atoms with E-state index in [2.05, 4.69) is 104 Å². The summed E-state index contributed by atoms with van der Waals surface area (Å²) in [6, 6.07) is -0.836. The molecule has 7 atom stereocenters. The van der Waals surface area contributed by atoms with E-state index in [9.17, 15) is 30.3 Å². The van der Waals surface area contributed by atoms with Gasteiger partial charge in [0.15, 0.2) is 6.29 Å². The lowest BCUT2D eigenvalue weighted by Crippen LogP contribution is -2.60. The Hall–Kier alpha value is -2.89. The summed E-state index contributed by atoms with van der Waals surface area (Å²) in [6.45, 7) is 3.66. The van der Waals surface area contributed by atoms with E-state index in [0.717, 1.165) is 77.0 Å². The van der Waals surface area contributed by atoms with Crippen molar-refractivity contribution in [3.63, 3.8) is 0 Å². The first-order valence-corrected chi connectivity index (χ1v) is 32.0. The Morgan fingerprint density at radius 2 is 0.818 bits per heavy atom. The van der Waals surface area contributed by atoms with Crippen molar-refractivity contribution in [2.45, 2.75) is 314 Å². The summed E-state index contributed by atoms with van der Waals surface area (Å²) in [7, 11) is 0. The van der Waals surface area contributed by atoms with Gasteiger partial charge in [-0.3, -0.25) is 4.79 Å². The number of carbonyl (C=O) groups excluding carboxylic acids is 1. The molecule has 1 heterocycles. The highest BCUT2D eigenvalue weighted by atomic mass is 16.7. The van der Waals surface area contributed by atoms with Crippen molar-refractivity contribution >= 4 is 5.91 Å². The summed E-state index contributed by atoms with van der Waals surface area (Å²) in [4.78, 5) is 13.1. The second-order valence-corrected chi connectivity index (χ2v) is 21.8. The molecule has 1 rings (SSSR count). The zero-order chi connectivity index (χ0) is 55.8. The van der Waals surface area contributed by atoms with Gasteiger partial charge in [0.05, 0.1) is 25.4 Å². The molecular formula is C68H119NO8. The van der Waals surface area contributed by atoms with Crippen LogP contribution >= 0.6 is 0 Å². The number of hydrogen-bond acceptors (Lipinski definition) is 8. The highest BCUT2D eigenvalue weighted by Crippen LogP contribution is 2.23. The fourth-order valence-corrected chi connectivity index (χ4v) is 9.63. The maximum Gasteiger partial charge on any atom is 0.220 e. The molecule has 0 radical (unpaired) electrons. The van der Waals surface area contributed by atoms with Crippen LogP contribution in [0, 0.1) is 0 Å². The number of nitrogens with one attached hydrogen (secondary N) is 1. The smallest absolute Gasteiger partial charge is 0.220 e. The molecule has 9 nitrogen and oxygen atoms in total. The van der Waals surface area contributed by atoms with E-state index in [4.69, 9.17) is 9.47 Å². The molecule has 0 aromatic carbocycles. The van der Waals surface area contributed by atoms with E-state index in [1.807, 2.05) is 6.08 Å². The molecule has 1 saturated heterocycles. The Balaban J connectivity index is 2.22. The summed E-state index contributed by atoms with van der Waals surface area (Å²) in [6.07, 6.45) is 74.9. The number of amides is 1. The Bertz CT molecular complexity index is 1530. The number of allylic oxidation sites excluding steroid dienone is 15. The Labute approximate surface area is 473 Å².